The summed E-state index contributed by atoms with van der Waals surface area (Å²) in [7, 11) is 0. The highest BCUT2D eigenvalue weighted by molar-refractivity contribution is 6.30. The van der Waals surface area contributed by atoms with E-state index in [-0.39, 0.29) is 0 Å². The van der Waals surface area contributed by atoms with Crippen LogP contribution in [-0.4, -0.2) is 9.97 Å². The quantitative estimate of drug-likeness (QED) is 0.655. The minimum absolute atomic E-state index is 0.531. The van der Waals surface area contributed by atoms with Crippen molar-refractivity contribution in [2.75, 3.05) is 10.6 Å². The fraction of sp³-hybridized carbons (Fsp3) is 0.158. The Balaban J connectivity index is 1.84. The van der Waals surface area contributed by atoms with E-state index in [0.717, 1.165) is 22.9 Å². The predicted molar refractivity (Wildman–Crippen MR) is 101 cm³/mol. The number of aryl methyl sites for hydroxylation is 3. The van der Waals surface area contributed by atoms with Gasteiger partial charge in [-0.25, -0.2) is 4.98 Å². The van der Waals surface area contributed by atoms with Gasteiger partial charge in [-0.2, -0.15) is 4.98 Å². The van der Waals surface area contributed by atoms with Crippen molar-refractivity contribution >= 4 is 34.7 Å². The molecule has 0 radical (unpaired) electrons. The molecule has 0 atom stereocenters. The summed E-state index contributed by atoms with van der Waals surface area (Å²) in [6.45, 7) is 6.13. The van der Waals surface area contributed by atoms with Gasteiger partial charge in [-0.05, 0) is 62.2 Å². The Morgan fingerprint density at radius 3 is 2.33 bits per heavy atom. The van der Waals surface area contributed by atoms with Gasteiger partial charge in [-0.1, -0.05) is 23.7 Å². The monoisotopic (exact) mass is 338 g/mol. The molecule has 0 unspecified atom stereocenters. The van der Waals surface area contributed by atoms with E-state index >= 15 is 0 Å². The van der Waals surface area contributed by atoms with Crippen LogP contribution in [0.3, 0.4) is 0 Å². The van der Waals surface area contributed by atoms with Crippen molar-refractivity contribution in [3.8, 4) is 0 Å². The highest BCUT2D eigenvalue weighted by atomic mass is 35.5. The number of aromatic nitrogens is 2. The summed E-state index contributed by atoms with van der Waals surface area (Å²) in [6, 6.07) is 15.6. The summed E-state index contributed by atoms with van der Waals surface area (Å²) in [5, 5.41) is 7.19. The lowest BCUT2D eigenvalue weighted by molar-refractivity contribution is 1.11. The lowest BCUT2D eigenvalue weighted by atomic mass is 10.1. The van der Waals surface area contributed by atoms with E-state index in [2.05, 4.69) is 46.6 Å². The molecule has 122 valence electrons. The molecule has 0 spiro atoms. The van der Waals surface area contributed by atoms with Crippen molar-refractivity contribution in [3.63, 3.8) is 0 Å². The fourth-order valence-electron chi connectivity index (χ4n) is 2.35. The first-order valence-corrected chi connectivity index (χ1v) is 8.10. The van der Waals surface area contributed by atoms with E-state index in [1.54, 1.807) is 0 Å². The summed E-state index contributed by atoms with van der Waals surface area (Å²) in [4.78, 5) is 8.96. The maximum Gasteiger partial charge on any atom is 0.229 e. The second-order valence-corrected chi connectivity index (χ2v) is 6.21. The van der Waals surface area contributed by atoms with Gasteiger partial charge < -0.3 is 10.6 Å². The minimum atomic E-state index is 0.531. The smallest absolute Gasteiger partial charge is 0.229 e. The van der Waals surface area contributed by atoms with E-state index in [9.17, 15) is 0 Å². The Morgan fingerprint density at radius 2 is 1.58 bits per heavy atom. The molecule has 24 heavy (non-hydrogen) atoms. The molecule has 0 aliphatic heterocycles. The summed E-state index contributed by atoms with van der Waals surface area (Å²) in [6.07, 6.45) is 0. The van der Waals surface area contributed by atoms with E-state index in [1.165, 1.54) is 11.1 Å². The molecule has 2 aromatic carbocycles. The second kappa shape index (κ2) is 6.89. The van der Waals surface area contributed by atoms with Gasteiger partial charge in [0.1, 0.15) is 5.82 Å². The van der Waals surface area contributed by atoms with Crippen LogP contribution in [0.1, 0.15) is 16.8 Å². The molecule has 0 saturated heterocycles. The van der Waals surface area contributed by atoms with Crippen molar-refractivity contribution in [2.45, 2.75) is 20.8 Å². The third-order valence-corrected chi connectivity index (χ3v) is 3.95. The second-order valence-electron chi connectivity index (χ2n) is 5.78. The number of nitrogens with one attached hydrogen (secondary N) is 2. The average molecular weight is 339 g/mol. The van der Waals surface area contributed by atoms with Gasteiger partial charge in [-0.15, -0.1) is 0 Å². The highest BCUT2D eigenvalue weighted by Crippen LogP contribution is 2.22. The predicted octanol–water partition coefficient (Wildman–Crippen LogP) is 5.54. The Labute approximate surface area is 146 Å². The van der Waals surface area contributed by atoms with Crippen LogP contribution in [0.15, 0.2) is 48.5 Å². The van der Waals surface area contributed by atoms with Gasteiger partial charge in [0.2, 0.25) is 5.95 Å². The highest BCUT2D eigenvalue weighted by Gasteiger charge is 2.05. The van der Waals surface area contributed by atoms with Gasteiger partial charge in [0.05, 0.1) is 0 Å². The number of halogens is 1. The van der Waals surface area contributed by atoms with Crippen molar-refractivity contribution < 1.29 is 0 Å². The van der Waals surface area contributed by atoms with Gasteiger partial charge in [0.25, 0.3) is 0 Å². The van der Waals surface area contributed by atoms with Crippen LogP contribution in [0.4, 0.5) is 23.1 Å². The minimum Gasteiger partial charge on any atom is -0.340 e. The van der Waals surface area contributed by atoms with Crippen molar-refractivity contribution in [1.82, 2.24) is 9.97 Å². The first kappa shape index (κ1) is 16.3. The average Bonchev–Trinajstić information content (AvgIpc) is 2.50. The SMILES string of the molecule is Cc1cc(Nc2ccc(C)c(C)c2)nc(Nc2cccc(Cl)c2)n1. The largest absolute Gasteiger partial charge is 0.340 e. The van der Waals surface area contributed by atoms with Crippen LogP contribution in [0.2, 0.25) is 5.02 Å². The fourth-order valence-corrected chi connectivity index (χ4v) is 2.54. The molecule has 3 aromatic rings. The molecule has 0 bridgehead atoms. The molecular weight excluding hydrogens is 320 g/mol. The Morgan fingerprint density at radius 1 is 0.792 bits per heavy atom. The summed E-state index contributed by atoms with van der Waals surface area (Å²) < 4.78 is 0. The standard InChI is InChI=1S/C19H19ClN4/c1-12-7-8-17(9-13(12)2)22-18-10-14(3)21-19(24-18)23-16-6-4-5-15(20)11-16/h4-11H,1-3H3,(H2,21,22,23,24). The van der Waals surface area contributed by atoms with Crippen LogP contribution in [0.25, 0.3) is 0 Å². The molecule has 1 heterocycles. The van der Waals surface area contributed by atoms with E-state index in [1.807, 2.05) is 43.3 Å². The summed E-state index contributed by atoms with van der Waals surface area (Å²) >= 11 is 6.02. The molecular formula is C19H19ClN4. The number of hydrogen-bond donors (Lipinski definition) is 2. The van der Waals surface area contributed by atoms with Crippen LogP contribution in [-0.2, 0) is 0 Å². The van der Waals surface area contributed by atoms with Crippen molar-refractivity contribution in [2.24, 2.45) is 0 Å². The lowest BCUT2D eigenvalue weighted by Crippen LogP contribution is -2.02. The molecule has 0 saturated carbocycles. The number of anilines is 4. The van der Waals surface area contributed by atoms with E-state index in [0.29, 0.717) is 11.0 Å². The van der Waals surface area contributed by atoms with Gasteiger partial charge in [-0.3, -0.25) is 0 Å². The van der Waals surface area contributed by atoms with E-state index < -0.39 is 0 Å². The van der Waals surface area contributed by atoms with Crippen LogP contribution in [0, 0.1) is 20.8 Å². The Hall–Kier alpha value is -2.59. The van der Waals surface area contributed by atoms with Crippen LogP contribution in [0.5, 0.6) is 0 Å². The third-order valence-electron chi connectivity index (χ3n) is 3.71. The van der Waals surface area contributed by atoms with Crippen LogP contribution >= 0.6 is 11.6 Å². The number of rotatable bonds is 4. The Kier molecular flexibility index (Phi) is 4.67. The number of hydrogen-bond acceptors (Lipinski definition) is 4. The molecule has 0 amide bonds. The molecule has 2 N–H and O–H groups in total. The van der Waals surface area contributed by atoms with Gasteiger partial charge >= 0.3 is 0 Å². The maximum atomic E-state index is 6.02. The first-order valence-electron chi connectivity index (χ1n) is 7.72. The lowest BCUT2D eigenvalue weighted by Gasteiger charge is -2.11. The molecule has 0 aliphatic rings. The van der Waals surface area contributed by atoms with Crippen LogP contribution < -0.4 is 10.6 Å². The zero-order valence-corrected chi connectivity index (χ0v) is 14.6. The zero-order chi connectivity index (χ0) is 17.1. The molecule has 0 fully saturated rings. The number of nitrogens with zero attached hydrogens (tertiary/aromatic N) is 2. The normalized spacial score (nSPS) is 10.5. The molecule has 3 rings (SSSR count). The maximum absolute atomic E-state index is 6.02. The molecule has 4 nitrogen and oxygen atoms in total. The zero-order valence-electron chi connectivity index (χ0n) is 13.9. The first-order chi connectivity index (χ1) is 11.5. The van der Waals surface area contributed by atoms with Gasteiger partial charge in [0, 0.05) is 28.2 Å². The topological polar surface area (TPSA) is 49.8 Å². The summed E-state index contributed by atoms with van der Waals surface area (Å²) in [5.41, 5.74) is 5.24. The van der Waals surface area contributed by atoms with E-state index in [4.69, 9.17) is 11.6 Å². The third kappa shape index (κ3) is 4.03. The molecule has 0 aliphatic carbocycles. The molecule has 5 heteroatoms. The van der Waals surface area contributed by atoms with Crippen molar-refractivity contribution in [1.29, 1.82) is 0 Å². The number of benzene rings is 2. The van der Waals surface area contributed by atoms with Gasteiger partial charge in [0.15, 0.2) is 0 Å². The Bertz CT molecular complexity index is 877. The summed E-state index contributed by atoms with van der Waals surface area (Å²) in [5.74, 6) is 1.28. The molecule has 1 aromatic heterocycles. The van der Waals surface area contributed by atoms with Crippen molar-refractivity contribution in [3.05, 3.63) is 70.4 Å².